The Morgan fingerprint density at radius 2 is 2.24 bits per heavy atom. The van der Waals surface area contributed by atoms with Gasteiger partial charge in [0.1, 0.15) is 0 Å². The molecule has 4 heteroatoms. The summed E-state index contributed by atoms with van der Waals surface area (Å²) in [5.74, 6) is -0.206. The van der Waals surface area contributed by atoms with Gasteiger partial charge in [-0.15, -0.1) is 11.8 Å². The second-order valence-corrected chi connectivity index (χ2v) is 5.15. The lowest BCUT2D eigenvalue weighted by Gasteiger charge is -2.12. The monoisotopic (exact) mass is 316 g/mol. The third-order valence-electron chi connectivity index (χ3n) is 2.39. The number of hydrogen-bond acceptors (Lipinski definition) is 3. The summed E-state index contributed by atoms with van der Waals surface area (Å²) in [5, 5.41) is 0.943. The zero-order valence-corrected chi connectivity index (χ0v) is 12.6. The van der Waals surface area contributed by atoms with Gasteiger partial charge >= 0.3 is 5.97 Å². The van der Waals surface area contributed by atoms with Crippen LogP contribution in [0.15, 0.2) is 23.1 Å². The van der Waals surface area contributed by atoms with Crippen LogP contribution >= 0.6 is 27.7 Å². The molecule has 0 fully saturated rings. The van der Waals surface area contributed by atoms with Crippen LogP contribution in [0.3, 0.4) is 0 Å². The molecule has 1 rings (SSSR count). The number of thioether (sulfide) groups is 1. The summed E-state index contributed by atoms with van der Waals surface area (Å²) in [6.07, 6.45) is 3.89. The van der Waals surface area contributed by atoms with Crippen molar-refractivity contribution in [2.75, 3.05) is 18.2 Å². The molecule has 0 radical (unpaired) electrons. The lowest BCUT2D eigenvalue weighted by molar-refractivity contribution is 0.0521. The predicted octanol–water partition coefficient (Wildman–Crippen LogP) is 3.91. The maximum atomic E-state index is 12.0. The van der Waals surface area contributed by atoms with Gasteiger partial charge in [0.15, 0.2) is 0 Å². The Hall–Kier alpha value is -0.480. The maximum absolute atomic E-state index is 12.0. The molecule has 94 valence electrons. The molecule has 0 saturated heterocycles. The number of hydrogen-bond donors (Lipinski definition) is 0. The number of benzene rings is 1. The second-order valence-electron chi connectivity index (χ2n) is 3.51. The summed E-state index contributed by atoms with van der Waals surface area (Å²) >= 11 is 5.00. The van der Waals surface area contributed by atoms with Gasteiger partial charge in [0.05, 0.1) is 12.2 Å². The third kappa shape index (κ3) is 4.03. The van der Waals surface area contributed by atoms with Crippen molar-refractivity contribution in [2.24, 2.45) is 0 Å². The first-order valence-corrected chi connectivity index (χ1v) is 7.98. The van der Waals surface area contributed by atoms with Gasteiger partial charge in [-0.1, -0.05) is 28.1 Å². The highest BCUT2D eigenvalue weighted by molar-refractivity contribution is 9.09. The normalized spacial score (nSPS) is 10.3. The standard InChI is InChI=1S/C13H17BrO2S/c1-3-16-13(15)12-10(7-5-9-14)6-4-8-11(12)17-2/h4,6,8H,3,5,7,9H2,1-2H3. The van der Waals surface area contributed by atoms with E-state index in [0.29, 0.717) is 6.61 Å². The molecule has 0 aliphatic carbocycles. The van der Waals surface area contributed by atoms with E-state index in [1.807, 2.05) is 31.4 Å². The van der Waals surface area contributed by atoms with Crippen LogP contribution in [0.25, 0.3) is 0 Å². The minimum atomic E-state index is -0.206. The lowest BCUT2D eigenvalue weighted by Crippen LogP contribution is -2.10. The first-order chi connectivity index (χ1) is 8.24. The van der Waals surface area contributed by atoms with Crippen molar-refractivity contribution in [3.05, 3.63) is 29.3 Å². The summed E-state index contributed by atoms with van der Waals surface area (Å²) < 4.78 is 5.13. The SMILES string of the molecule is CCOC(=O)c1c(CCCBr)cccc1SC. The van der Waals surface area contributed by atoms with E-state index in [4.69, 9.17) is 4.74 Å². The first kappa shape index (κ1) is 14.6. The smallest absolute Gasteiger partial charge is 0.339 e. The molecule has 0 aliphatic rings. The molecule has 0 aliphatic heterocycles. The average molecular weight is 317 g/mol. The van der Waals surface area contributed by atoms with Crippen LogP contribution in [0.1, 0.15) is 29.3 Å². The van der Waals surface area contributed by atoms with Crippen molar-refractivity contribution < 1.29 is 9.53 Å². The van der Waals surface area contributed by atoms with E-state index >= 15 is 0 Å². The fourth-order valence-electron chi connectivity index (χ4n) is 1.65. The Morgan fingerprint density at radius 1 is 1.47 bits per heavy atom. The highest BCUT2D eigenvalue weighted by atomic mass is 79.9. The number of halogens is 1. The Bertz CT molecular complexity index is 380. The van der Waals surface area contributed by atoms with Gasteiger partial charge in [0, 0.05) is 10.2 Å². The van der Waals surface area contributed by atoms with Crippen molar-refractivity contribution in [1.82, 2.24) is 0 Å². The molecule has 0 N–H and O–H groups in total. The van der Waals surface area contributed by atoms with Crippen LogP contribution in [-0.4, -0.2) is 24.2 Å². The van der Waals surface area contributed by atoms with Gasteiger partial charge in [-0.2, -0.15) is 0 Å². The van der Waals surface area contributed by atoms with Crippen LogP contribution in [0.4, 0.5) is 0 Å². The first-order valence-electron chi connectivity index (χ1n) is 5.63. The van der Waals surface area contributed by atoms with E-state index in [1.54, 1.807) is 11.8 Å². The van der Waals surface area contributed by atoms with Crippen molar-refractivity contribution in [3.8, 4) is 0 Å². The molecule has 0 bridgehead atoms. The molecule has 0 amide bonds. The summed E-state index contributed by atoms with van der Waals surface area (Å²) in [6.45, 7) is 2.25. The predicted molar refractivity (Wildman–Crippen MR) is 76.3 cm³/mol. The van der Waals surface area contributed by atoms with Crippen LogP contribution in [0, 0.1) is 0 Å². The second kappa shape index (κ2) is 7.77. The molecule has 0 saturated carbocycles. The molecule has 2 nitrogen and oxygen atoms in total. The summed E-state index contributed by atoms with van der Waals surface area (Å²) in [5.41, 5.74) is 1.82. The fraction of sp³-hybridized carbons (Fsp3) is 0.462. The van der Waals surface area contributed by atoms with Gasteiger partial charge in [-0.05, 0) is 37.7 Å². The number of alkyl halides is 1. The van der Waals surface area contributed by atoms with Crippen LogP contribution in [-0.2, 0) is 11.2 Å². The number of rotatable bonds is 6. The molecule has 17 heavy (non-hydrogen) atoms. The van der Waals surface area contributed by atoms with Crippen molar-refractivity contribution in [1.29, 1.82) is 0 Å². The minimum Gasteiger partial charge on any atom is -0.462 e. The van der Waals surface area contributed by atoms with E-state index in [0.717, 1.165) is 34.2 Å². The lowest BCUT2D eigenvalue weighted by atomic mass is 10.0. The van der Waals surface area contributed by atoms with Gasteiger partial charge < -0.3 is 4.74 Å². The number of carbonyl (C=O) groups is 1. The maximum Gasteiger partial charge on any atom is 0.339 e. The van der Waals surface area contributed by atoms with Crippen molar-refractivity contribution in [2.45, 2.75) is 24.7 Å². The van der Waals surface area contributed by atoms with Gasteiger partial charge in [0.2, 0.25) is 0 Å². The van der Waals surface area contributed by atoms with Crippen molar-refractivity contribution in [3.63, 3.8) is 0 Å². The van der Waals surface area contributed by atoms with E-state index in [-0.39, 0.29) is 5.97 Å². The molecular weight excluding hydrogens is 300 g/mol. The molecule has 0 atom stereocenters. The number of ether oxygens (including phenoxy) is 1. The molecule has 0 aromatic heterocycles. The van der Waals surface area contributed by atoms with Gasteiger partial charge in [-0.3, -0.25) is 0 Å². The largest absolute Gasteiger partial charge is 0.462 e. The quantitative estimate of drug-likeness (QED) is 0.452. The molecule has 0 heterocycles. The fourth-order valence-corrected chi connectivity index (χ4v) is 2.56. The number of carbonyl (C=O) groups excluding carboxylic acids is 1. The summed E-state index contributed by atoms with van der Waals surface area (Å²) in [6, 6.07) is 5.97. The topological polar surface area (TPSA) is 26.3 Å². The van der Waals surface area contributed by atoms with E-state index in [9.17, 15) is 4.79 Å². The molecular formula is C13H17BrO2S. The summed E-state index contributed by atoms with van der Waals surface area (Å²) in [4.78, 5) is 13.0. The van der Waals surface area contributed by atoms with E-state index < -0.39 is 0 Å². The average Bonchev–Trinajstić information content (AvgIpc) is 2.35. The van der Waals surface area contributed by atoms with Gasteiger partial charge in [-0.25, -0.2) is 4.79 Å². The molecule has 1 aromatic carbocycles. The molecule has 1 aromatic rings. The zero-order chi connectivity index (χ0) is 12.7. The van der Waals surface area contributed by atoms with Crippen LogP contribution < -0.4 is 0 Å². The van der Waals surface area contributed by atoms with E-state index in [2.05, 4.69) is 15.9 Å². The van der Waals surface area contributed by atoms with E-state index in [1.165, 1.54) is 0 Å². The molecule has 0 unspecified atom stereocenters. The van der Waals surface area contributed by atoms with Crippen LogP contribution in [0.5, 0.6) is 0 Å². The Morgan fingerprint density at radius 3 is 2.82 bits per heavy atom. The number of aryl methyl sites for hydroxylation is 1. The Labute approximate surface area is 115 Å². The van der Waals surface area contributed by atoms with Crippen molar-refractivity contribution >= 4 is 33.7 Å². The van der Waals surface area contributed by atoms with Gasteiger partial charge in [0.25, 0.3) is 0 Å². The minimum absolute atomic E-state index is 0.206. The highest BCUT2D eigenvalue weighted by Gasteiger charge is 2.16. The van der Waals surface area contributed by atoms with Crippen LogP contribution in [0.2, 0.25) is 0 Å². The third-order valence-corrected chi connectivity index (χ3v) is 3.73. The number of esters is 1. The Balaban J connectivity index is 3.06. The summed E-state index contributed by atoms with van der Waals surface area (Å²) in [7, 11) is 0. The Kier molecular flexibility index (Phi) is 6.66. The highest BCUT2D eigenvalue weighted by Crippen LogP contribution is 2.25. The zero-order valence-electron chi connectivity index (χ0n) is 10.2. The molecule has 0 spiro atoms.